The van der Waals surface area contributed by atoms with Gasteiger partial charge in [-0.1, -0.05) is 41.9 Å². The maximum atomic E-state index is 12.2. The number of nitrogens with one attached hydrogen (secondary N) is 2. The monoisotopic (exact) mass is 365 g/mol. The normalized spacial score (nSPS) is 10.2. The number of rotatable bonds is 5. The number of halogens is 1. The van der Waals surface area contributed by atoms with Gasteiger partial charge in [0.05, 0.1) is 12.0 Å². The number of hydrogen-bond donors (Lipinski definition) is 2. The van der Waals surface area contributed by atoms with Crippen LogP contribution in [0.1, 0.15) is 15.9 Å². The second-order valence-corrected chi connectivity index (χ2v) is 5.94. The molecule has 0 atom stereocenters. The first-order chi connectivity index (χ1) is 12.6. The van der Waals surface area contributed by atoms with E-state index < -0.39 is 0 Å². The van der Waals surface area contributed by atoms with E-state index in [-0.39, 0.29) is 17.0 Å². The fourth-order valence-corrected chi connectivity index (χ4v) is 2.58. The summed E-state index contributed by atoms with van der Waals surface area (Å²) in [7, 11) is 0. The summed E-state index contributed by atoms with van der Waals surface area (Å²) in [4.78, 5) is 28.1. The molecule has 0 fully saturated rings. The standard InChI is InChI=1S/C20H16ClN3O2/c21-19-17(7-4-12-22-19)20(26)24-16-10-8-15(9-11-16)23-18(25)13-14-5-2-1-3-6-14/h1-12H,13H2,(H,23,25)(H,24,26). The highest BCUT2D eigenvalue weighted by atomic mass is 35.5. The van der Waals surface area contributed by atoms with Crippen molar-refractivity contribution in [3.05, 3.63) is 89.2 Å². The predicted octanol–water partition coefficient (Wildman–Crippen LogP) is 4.17. The minimum atomic E-state index is -0.344. The highest BCUT2D eigenvalue weighted by Crippen LogP contribution is 2.17. The molecule has 0 spiro atoms. The van der Waals surface area contributed by atoms with E-state index in [2.05, 4.69) is 15.6 Å². The quantitative estimate of drug-likeness (QED) is 0.666. The van der Waals surface area contributed by atoms with Crippen LogP contribution in [0.5, 0.6) is 0 Å². The van der Waals surface area contributed by atoms with Crippen LogP contribution in [0.2, 0.25) is 5.15 Å². The van der Waals surface area contributed by atoms with Crippen LogP contribution in [0.25, 0.3) is 0 Å². The summed E-state index contributed by atoms with van der Waals surface area (Å²) in [6, 6.07) is 19.6. The van der Waals surface area contributed by atoms with Crippen LogP contribution in [0.3, 0.4) is 0 Å². The summed E-state index contributed by atoms with van der Waals surface area (Å²) in [5.74, 6) is -0.445. The predicted molar refractivity (Wildman–Crippen MR) is 102 cm³/mol. The number of pyridine rings is 1. The molecule has 26 heavy (non-hydrogen) atoms. The fourth-order valence-electron chi connectivity index (χ4n) is 2.38. The average molecular weight is 366 g/mol. The Kier molecular flexibility index (Phi) is 5.61. The largest absolute Gasteiger partial charge is 0.326 e. The van der Waals surface area contributed by atoms with Crippen molar-refractivity contribution in [3.8, 4) is 0 Å². The molecule has 2 amide bonds. The molecule has 0 unspecified atom stereocenters. The molecule has 3 aromatic rings. The first kappa shape index (κ1) is 17.6. The van der Waals surface area contributed by atoms with E-state index in [0.717, 1.165) is 5.56 Å². The summed E-state index contributed by atoms with van der Waals surface area (Å²) in [5.41, 5.74) is 2.50. The Morgan fingerprint density at radius 1 is 0.846 bits per heavy atom. The van der Waals surface area contributed by atoms with Crippen molar-refractivity contribution in [1.29, 1.82) is 0 Å². The van der Waals surface area contributed by atoms with Crippen molar-refractivity contribution < 1.29 is 9.59 Å². The molecule has 0 saturated heterocycles. The summed E-state index contributed by atoms with van der Waals surface area (Å²) in [6.45, 7) is 0. The third-order valence-electron chi connectivity index (χ3n) is 3.64. The molecular weight excluding hydrogens is 350 g/mol. The van der Waals surface area contributed by atoms with E-state index in [1.54, 1.807) is 36.4 Å². The summed E-state index contributed by atoms with van der Waals surface area (Å²) in [5, 5.41) is 5.72. The Bertz CT molecular complexity index is 912. The van der Waals surface area contributed by atoms with E-state index in [9.17, 15) is 9.59 Å². The molecule has 3 rings (SSSR count). The van der Waals surface area contributed by atoms with E-state index in [0.29, 0.717) is 23.4 Å². The van der Waals surface area contributed by atoms with Gasteiger partial charge in [-0.05, 0) is 42.0 Å². The maximum Gasteiger partial charge on any atom is 0.258 e. The molecule has 0 bridgehead atoms. The molecule has 0 radical (unpaired) electrons. The SMILES string of the molecule is O=C(Cc1ccccc1)Nc1ccc(NC(=O)c2cccnc2Cl)cc1. The molecule has 5 nitrogen and oxygen atoms in total. The number of nitrogens with zero attached hydrogens (tertiary/aromatic N) is 1. The smallest absolute Gasteiger partial charge is 0.258 e. The zero-order chi connectivity index (χ0) is 18.4. The van der Waals surface area contributed by atoms with Gasteiger partial charge < -0.3 is 10.6 Å². The Labute approximate surface area is 156 Å². The number of hydrogen-bond acceptors (Lipinski definition) is 3. The molecule has 130 valence electrons. The highest BCUT2D eigenvalue weighted by Gasteiger charge is 2.11. The van der Waals surface area contributed by atoms with Gasteiger partial charge in [-0.3, -0.25) is 9.59 Å². The number of anilines is 2. The van der Waals surface area contributed by atoms with Gasteiger partial charge in [0.1, 0.15) is 5.15 Å². The van der Waals surface area contributed by atoms with Gasteiger partial charge in [0.2, 0.25) is 5.91 Å². The second kappa shape index (κ2) is 8.27. The van der Waals surface area contributed by atoms with Gasteiger partial charge in [0, 0.05) is 17.6 Å². The number of benzene rings is 2. The summed E-state index contributed by atoms with van der Waals surface area (Å²) in [6.07, 6.45) is 1.82. The minimum Gasteiger partial charge on any atom is -0.326 e. The summed E-state index contributed by atoms with van der Waals surface area (Å²) >= 11 is 5.91. The second-order valence-electron chi connectivity index (χ2n) is 5.58. The van der Waals surface area contributed by atoms with Crippen molar-refractivity contribution in [2.75, 3.05) is 10.6 Å². The van der Waals surface area contributed by atoms with Crippen LogP contribution >= 0.6 is 11.6 Å². The average Bonchev–Trinajstić information content (AvgIpc) is 2.64. The molecule has 0 saturated carbocycles. The van der Waals surface area contributed by atoms with Crippen LogP contribution in [-0.2, 0) is 11.2 Å². The Hall–Kier alpha value is -3.18. The fraction of sp³-hybridized carbons (Fsp3) is 0.0500. The highest BCUT2D eigenvalue weighted by molar-refractivity contribution is 6.33. The summed E-state index contributed by atoms with van der Waals surface area (Å²) < 4.78 is 0. The molecule has 0 aliphatic carbocycles. The Morgan fingerprint density at radius 3 is 2.15 bits per heavy atom. The van der Waals surface area contributed by atoms with Gasteiger partial charge in [-0.2, -0.15) is 0 Å². The number of carbonyl (C=O) groups excluding carboxylic acids is 2. The van der Waals surface area contributed by atoms with Crippen molar-refractivity contribution in [3.63, 3.8) is 0 Å². The van der Waals surface area contributed by atoms with E-state index in [4.69, 9.17) is 11.6 Å². The van der Waals surface area contributed by atoms with Gasteiger partial charge in [0.15, 0.2) is 0 Å². The zero-order valence-corrected chi connectivity index (χ0v) is 14.5. The molecule has 1 heterocycles. The molecule has 0 aliphatic heterocycles. The number of aromatic nitrogens is 1. The van der Waals surface area contributed by atoms with Crippen LogP contribution in [-0.4, -0.2) is 16.8 Å². The molecular formula is C20H16ClN3O2. The third-order valence-corrected chi connectivity index (χ3v) is 3.94. The lowest BCUT2D eigenvalue weighted by Gasteiger charge is -2.08. The molecule has 6 heteroatoms. The first-order valence-corrected chi connectivity index (χ1v) is 8.35. The third kappa shape index (κ3) is 4.68. The van der Waals surface area contributed by atoms with E-state index in [1.165, 1.54) is 6.20 Å². The van der Waals surface area contributed by atoms with Crippen molar-refractivity contribution in [1.82, 2.24) is 4.98 Å². The first-order valence-electron chi connectivity index (χ1n) is 7.97. The Balaban J connectivity index is 1.59. The minimum absolute atomic E-state index is 0.102. The van der Waals surface area contributed by atoms with Crippen molar-refractivity contribution >= 4 is 34.8 Å². The zero-order valence-electron chi connectivity index (χ0n) is 13.8. The lowest BCUT2D eigenvalue weighted by atomic mass is 10.1. The van der Waals surface area contributed by atoms with E-state index >= 15 is 0 Å². The number of carbonyl (C=O) groups is 2. The van der Waals surface area contributed by atoms with Gasteiger partial charge >= 0.3 is 0 Å². The van der Waals surface area contributed by atoms with Crippen LogP contribution in [0.4, 0.5) is 11.4 Å². The Morgan fingerprint density at radius 2 is 1.50 bits per heavy atom. The van der Waals surface area contributed by atoms with Gasteiger partial charge in [0.25, 0.3) is 5.91 Å². The molecule has 2 aromatic carbocycles. The van der Waals surface area contributed by atoms with Crippen LogP contribution in [0, 0.1) is 0 Å². The van der Waals surface area contributed by atoms with Gasteiger partial charge in [-0.25, -0.2) is 4.98 Å². The lowest BCUT2D eigenvalue weighted by Crippen LogP contribution is -2.15. The van der Waals surface area contributed by atoms with Crippen molar-refractivity contribution in [2.45, 2.75) is 6.42 Å². The molecule has 1 aromatic heterocycles. The van der Waals surface area contributed by atoms with Crippen molar-refractivity contribution in [2.24, 2.45) is 0 Å². The molecule has 2 N–H and O–H groups in total. The topological polar surface area (TPSA) is 71.1 Å². The van der Waals surface area contributed by atoms with Crippen LogP contribution < -0.4 is 10.6 Å². The number of amides is 2. The lowest BCUT2D eigenvalue weighted by molar-refractivity contribution is -0.115. The van der Waals surface area contributed by atoms with Gasteiger partial charge in [-0.15, -0.1) is 0 Å². The van der Waals surface area contributed by atoms with Crippen LogP contribution in [0.15, 0.2) is 72.9 Å². The van der Waals surface area contributed by atoms with E-state index in [1.807, 2.05) is 30.3 Å². The molecule has 0 aliphatic rings. The maximum absolute atomic E-state index is 12.2.